The van der Waals surface area contributed by atoms with E-state index in [1.807, 2.05) is 12.1 Å². The van der Waals surface area contributed by atoms with E-state index in [0.717, 1.165) is 50.7 Å². The van der Waals surface area contributed by atoms with Gasteiger partial charge in [0.2, 0.25) is 5.89 Å². The summed E-state index contributed by atoms with van der Waals surface area (Å²) >= 11 is 0. The summed E-state index contributed by atoms with van der Waals surface area (Å²) in [5, 5.41) is 4.17. The van der Waals surface area contributed by atoms with Crippen LogP contribution in [0.3, 0.4) is 0 Å². The van der Waals surface area contributed by atoms with Gasteiger partial charge in [-0.05, 0) is 31.2 Å². The molecule has 0 aliphatic carbocycles. The molecule has 140 valence electrons. The Hall–Kier alpha value is -2.00. The van der Waals surface area contributed by atoms with E-state index in [9.17, 15) is 0 Å². The quantitative estimate of drug-likeness (QED) is 0.823. The van der Waals surface area contributed by atoms with E-state index in [4.69, 9.17) is 9.26 Å². The predicted octanol–water partition coefficient (Wildman–Crippen LogP) is 1.11. The summed E-state index contributed by atoms with van der Waals surface area (Å²) in [5.41, 5.74) is 7.80. The number of hydrogen-bond donors (Lipinski definition) is 2. The summed E-state index contributed by atoms with van der Waals surface area (Å²) in [6.07, 6.45) is 0.864. The summed E-state index contributed by atoms with van der Waals surface area (Å²) in [6.45, 7) is 5.01. The SMILES string of the molecule is COc1ccc(C2CC(c3nc(CN4CCN(C)CC4)no3)NN2)cc1. The molecule has 8 nitrogen and oxygen atoms in total. The van der Waals surface area contributed by atoms with Crippen molar-refractivity contribution in [3.05, 3.63) is 41.5 Å². The lowest BCUT2D eigenvalue weighted by Gasteiger charge is -2.31. The van der Waals surface area contributed by atoms with Crippen molar-refractivity contribution in [3.8, 4) is 5.75 Å². The zero-order valence-electron chi connectivity index (χ0n) is 15.3. The van der Waals surface area contributed by atoms with Gasteiger partial charge < -0.3 is 14.2 Å². The molecular weight excluding hydrogens is 332 g/mol. The number of hydrogen-bond acceptors (Lipinski definition) is 8. The molecule has 0 bridgehead atoms. The minimum atomic E-state index is 0.0239. The fourth-order valence-electron chi connectivity index (χ4n) is 3.45. The van der Waals surface area contributed by atoms with Gasteiger partial charge in [0.1, 0.15) is 11.8 Å². The molecular formula is C18H26N6O2. The molecule has 2 unspecified atom stereocenters. The van der Waals surface area contributed by atoms with Crippen molar-refractivity contribution >= 4 is 0 Å². The summed E-state index contributed by atoms with van der Waals surface area (Å²) in [4.78, 5) is 9.31. The predicted molar refractivity (Wildman–Crippen MR) is 96.4 cm³/mol. The van der Waals surface area contributed by atoms with Gasteiger partial charge in [0.15, 0.2) is 5.82 Å². The van der Waals surface area contributed by atoms with E-state index in [1.54, 1.807) is 7.11 Å². The molecule has 2 fully saturated rings. The van der Waals surface area contributed by atoms with Crippen molar-refractivity contribution < 1.29 is 9.26 Å². The maximum atomic E-state index is 5.51. The third-order valence-corrected chi connectivity index (χ3v) is 5.16. The summed E-state index contributed by atoms with van der Waals surface area (Å²) in [7, 11) is 3.83. The number of piperazine rings is 1. The maximum absolute atomic E-state index is 5.51. The summed E-state index contributed by atoms with van der Waals surface area (Å²) in [6, 6.07) is 8.34. The third-order valence-electron chi connectivity index (χ3n) is 5.16. The van der Waals surface area contributed by atoms with Crippen molar-refractivity contribution in [1.29, 1.82) is 0 Å². The van der Waals surface area contributed by atoms with Crippen molar-refractivity contribution in [2.75, 3.05) is 40.3 Å². The largest absolute Gasteiger partial charge is 0.497 e. The molecule has 4 rings (SSSR count). The van der Waals surface area contributed by atoms with Gasteiger partial charge in [0, 0.05) is 32.2 Å². The molecule has 2 aliphatic heterocycles. The highest BCUT2D eigenvalue weighted by molar-refractivity contribution is 5.29. The summed E-state index contributed by atoms with van der Waals surface area (Å²) < 4.78 is 10.7. The van der Waals surface area contributed by atoms with Crippen LogP contribution in [0.4, 0.5) is 0 Å². The topological polar surface area (TPSA) is 78.7 Å². The molecule has 0 saturated carbocycles. The lowest BCUT2D eigenvalue weighted by atomic mass is 10.0. The number of ether oxygens (including phenoxy) is 1. The average molecular weight is 358 g/mol. The van der Waals surface area contributed by atoms with Crippen LogP contribution < -0.4 is 15.6 Å². The number of aromatic nitrogens is 2. The van der Waals surface area contributed by atoms with Gasteiger partial charge in [-0.25, -0.2) is 10.9 Å². The van der Waals surface area contributed by atoms with Gasteiger partial charge >= 0.3 is 0 Å². The Balaban J connectivity index is 1.34. The first-order valence-corrected chi connectivity index (χ1v) is 9.09. The zero-order valence-corrected chi connectivity index (χ0v) is 15.3. The van der Waals surface area contributed by atoms with Crippen molar-refractivity contribution in [2.24, 2.45) is 0 Å². The third kappa shape index (κ3) is 3.88. The van der Waals surface area contributed by atoms with Crippen molar-refractivity contribution in [2.45, 2.75) is 25.0 Å². The standard InChI is InChI=1S/C18H26N6O2/c1-23-7-9-24(10-8-23)12-17-19-18(26-22-17)16-11-15(20-21-16)13-3-5-14(25-2)6-4-13/h3-6,15-16,20-21H,7-12H2,1-2H3. The number of hydrazine groups is 1. The Morgan fingerprint density at radius 2 is 1.85 bits per heavy atom. The lowest BCUT2D eigenvalue weighted by Crippen LogP contribution is -2.44. The first kappa shape index (κ1) is 17.4. The Bertz CT molecular complexity index is 711. The number of benzene rings is 1. The number of nitrogens with one attached hydrogen (secondary N) is 2. The number of nitrogens with zero attached hydrogens (tertiary/aromatic N) is 4. The van der Waals surface area contributed by atoms with E-state index in [0.29, 0.717) is 5.89 Å². The van der Waals surface area contributed by atoms with Crippen LogP contribution in [0, 0.1) is 0 Å². The van der Waals surface area contributed by atoms with E-state index in [2.05, 4.69) is 50.0 Å². The van der Waals surface area contributed by atoms with E-state index >= 15 is 0 Å². The fourth-order valence-corrected chi connectivity index (χ4v) is 3.45. The van der Waals surface area contributed by atoms with Gasteiger partial charge in [0.05, 0.1) is 13.7 Å². The molecule has 2 aliphatic rings. The normalized spacial score (nSPS) is 24.8. The second-order valence-corrected chi connectivity index (χ2v) is 7.03. The van der Waals surface area contributed by atoms with Crippen LogP contribution in [0.15, 0.2) is 28.8 Å². The summed E-state index contributed by atoms with van der Waals surface area (Å²) in [5.74, 6) is 2.28. The van der Waals surface area contributed by atoms with Gasteiger partial charge in [-0.3, -0.25) is 4.90 Å². The Morgan fingerprint density at radius 3 is 2.58 bits per heavy atom. The molecule has 2 aromatic rings. The minimum absolute atomic E-state index is 0.0239. The smallest absolute Gasteiger partial charge is 0.245 e. The van der Waals surface area contributed by atoms with Crippen LogP contribution in [-0.2, 0) is 6.54 Å². The molecule has 1 aromatic heterocycles. The monoisotopic (exact) mass is 358 g/mol. The van der Waals surface area contributed by atoms with Crippen molar-refractivity contribution in [3.63, 3.8) is 0 Å². The van der Waals surface area contributed by atoms with Crippen LogP contribution in [0.25, 0.3) is 0 Å². The second kappa shape index (κ2) is 7.71. The average Bonchev–Trinajstić information content (AvgIpc) is 3.33. The molecule has 3 heterocycles. The highest BCUT2D eigenvalue weighted by atomic mass is 16.5. The van der Waals surface area contributed by atoms with Gasteiger partial charge in [-0.2, -0.15) is 4.98 Å². The molecule has 0 radical (unpaired) electrons. The molecule has 8 heteroatoms. The molecule has 2 saturated heterocycles. The molecule has 2 N–H and O–H groups in total. The first-order chi connectivity index (χ1) is 12.7. The van der Waals surface area contributed by atoms with Crippen LogP contribution in [-0.4, -0.2) is 60.3 Å². The van der Waals surface area contributed by atoms with E-state index in [-0.39, 0.29) is 12.1 Å². The minimum Gasteiger partial charge on any atom is -0.497 e. The maximum Gasteiger partial charge on any atom is 0.245 e. The number of methoxy groups -OCH3 is 1. The van der Waals surface area contributed by atoms with Crippen LogP contribution in [0.2, 0.25) is 0 Å². The van der Waals surface area contributed by atoms with Crippen LogP contribution in [0.5, 0.6) is 5.75 Å². The van der Waals surface area contributed by atoms with Gasteiger partial charge in [0.25, 0.3) is 0 Å². The lowest BCUT2D eigenvalue weighted by molar-refractivity contribution is 0.144. The number of rotatable bonds is 5. The Labute approximate surface area is 153 Å². The molecule has 0 spiro atoms. The molecule has 0 amide bonds. The van der Waals surface area contributed by atoms with Crippen LogP contribution >= 0.6 is 0 Å². The van der Waals surface area contributed by atoms with Gasteiger partial charge in [-0.15, -0.1) is 0 Å². The second-order valence-electron chi connectivity index (χ2n) is 7.03. The Kier molecular flexibility index (Phi) is 5.16. The Morgan fingerprint density at radius 1 is 1.12 bits per heavy atom. The van der Waals surface area contributed by atoms with E-state index in [1.165, 1.54) is 5.56 Å². The van der Waals surface area contributed by atoms with Crippen LogP contribution in [0.1, 0.15) is 35.8 Å². The van der Waals surface area contributed by atoms with Gasteiger partial charge in [-0.1, -0.05) is 17.3 Å². The fraction of sp³-hybridized carbons (Fsp3) is 0.556. The van der Waals surface area contributed by atoms with Crippen molar-refractivity contribution in [1.82, 2.24) is 30.8 Å². The van der Waals surface area contributed by atoms with E-state index < -0.39 is 0 Å². The highest BCUT2D eigenvalue weighted by Gasteiger charge is 2.30. The molecule has 1 aromatic carbocycles. The number of likely N-dealkylation sites (N-methyl/N-ethyl adjacent to an activating group) is 1. The molecule has 26 heavy (non-hydrogen) atoms. The zero-order chi connectivity index (χ0) is 17.9. The highest BCUT2D eigenvalue weighted by Crippen LogP contribution is 2.30. The first-order valence-electron chi connectivity index (χ1n) is 9.09. The molecule has 2 atom stereocenters.